The molecule has 2 aromatic carbocycles. The normalized spacial score (nSPS) is 13.6. The molecule has 0 aliphatic heterocycles. The highest BCUT2D eigenvalue weighted by molar-refractivity contribution is 6.32. The fraction of sp³-hybridized carbons (Fsp3) is 0.188. The predicted molar refractivity (Wildman–Crippen MR) is 80.3 cm³/mol. The number of nitrogens with two attached hydrogens (primary N) is 1. The summed E-state index contributed by atoms with van der Waals surface area (Å²) in [4.78, 5) is 12.6. The first-order chi connectivity index (χ1) is 9.46. The first kappa shape index (κ1) is 14.6. The van der Waals surface area contributed by atoms with Gasteiger partial charge in [0.15, 0.2) is 5.78 Å². The third kappa shape index (κ3) is 2.69. The second kappa shape index (κ2) is 5.65. The highest BCUT2D eigenvalue weighted by Crippen LogP contribution is 2.29. The Morgan fingerprint density at radius 3 is 2.45 bits per heavy atom. The lowest BCUT2D eigenvalue weighted by atomic mass is 9.85. The predicted octanol–water partition coefficient (Wildman–Crippen LogP) is 3.41. The van der Waals surface area contributed by atoms with Gasteiger partial charge in [0.25, 0.3) is 0 Å². The Morgan fingerprint density at radius 1 is 1.20 bits per heavy atom. The minimum absolute atomic E-state index is 0.182. The first-order valence-corrected chi connectivity index (χ1v) is 6.57. The molecule has 0 fully saturated rings. The summed E-state index contributed by atoms with van der Waals surface area (Å²) in [5, 5.41) is 0.461. The number of hydrogen-bond donors (Lipinski definition) is 1. The number of halogens is 1. The first-order valence-electron chi connectivity index (χ1n) is 6.19. The quantitative estimate of drug-likeness (QED) is 0.878. The molecule has 2 aromatic rings. The van der Waals surface area contributed by atoms with Crippen LogP contribution in [0.4, 0.5) is 0 Å². The molecule has 20 heavy (non-hydrogen) atoms. The van der Waals surface area contributed by atoms with Crippen LogP contribution < -0.4 is 10.5 Å². The third-order valence-electron chi connectivity index (χ3n) is 3.26. The maximum atomic E-state index is 12.6. The van der Waals surface area contributed by atoms with Crippen LogP contribution in [0.1, 0.15) is 22.8 Å². The molecule has 0 aliphatic rings. The lowest BCUT2D eigenvalue weighted by Crippen LogP contribution is -2.41. The van der Waals surface area contributed by atoms with Gasteiger partial charge in [-0.25, -0.2) is 0 Å². The molecule has 0 heterocycles. The van der Waals surface area contributed by atoms with E-state index in [4.69, 9.17) is 22.1 Å². The van der Waals surface area contributed by atoms with Crippen molar-refractivity contribution in [1.82, 2.24) is 0 Å². The number of Topliss-reactive ketones (excluding diaryl/α,β-unsaturated/α-hetero) is 1. The number of carbonyl (C=O) groups is 1. The van der Waals surface area contributed by atoms with Gasteiger partial charge in [-0.15, -0.1) is 0 Å². The zero-order valence-corrected chi connectivity index (χ0v) is 12.1. The van der Waals surface area contributed by atoms with Crippen LogP contribution in [0.5, 0.6) is 5.75 Å². The molecule has 1 unspecified atom stereocenters. The van der Waals surface area contributed by atoms with Crippen LogP contribution in [0.25, 0.3) is 0 Å². The second-order valence-corrected chi connectivity index (χ2v) is 5.15. The zero-order valence-electron chi connectivity index (χ0n) is 11.4. The Morgan fingerprint density at radius 2 is 1.85 bits per heavy atom. The summed E-state index contributed by atoms with van der Waals surface area (Å²) in [6, 6.07) is 14.2. The molecule has 0 saturated heterocycles. The number of ether oxygens (including phenoxy) is 1. The second-order valence-electron chi connectivity index (χ2n) is 4.75. The molecule has 0 aromatic heterocycles. The fourth-order valence-electron chi connectivity index (χ4n) is 2.02. The van der Waals surface area contributed by atoms with Gasteiger partial charge < -0.3 is 10.5 Å². The smallest absolute Gasteiger partial charge is 0.187 e. The highest BCUT2D eigenvalue weighted by atomic mass is 35.5. The number of benzene rings is 2. The van der Waals surface area contributed by atoms with Crippen LogP contribution in [0.3, 0.4) is 0 Å². The van der Waals surface area contributed by atoms with Crippen LogP contribution in [0.15, 0.2) is 48.5 Å². The summed E-state index contributed by atoms with van der Waals surface area (Å²) < 4.78 is 5.13. The maximum absolute atomic E-state index is 12.6. The minimum Gasteiger partial charge on any atom is -0.495 e. The van der Waals surface area contributed by atoms with Gasteiger partial charge in [-0.3, -0.25) is 4.79 Å². The molecular formula is C16H16ClNO2. The van der Waals surface area contributed by atoms with E-state index in [0.717, 1.165) is 5.56 Å². The van der Waals surface area contributed by atoms with E-state index in [9.17, 15) is 4.79 Å². The average Bonchev–Trinajstić information content (AvgIpc) is 2.48. The molecule has 4 heteroatoms. The number of ketones is 1. The molecule has 104 valence electrons. The molecule has 1 atom stereocenters. The summed E-state index contributed by atoms with van der Waals surface area (Å²) >= 11 is 5.96. The average molecular weight is 290 g/mol. The summed E-state index contributed by atoms with van der Waals surface area (Å²) in [6.07, 6.45) is 0. The van der Waals surface area contributed by atoms with E-state index in [1.807, 2.05) is 30.3 Å². The zero-order chi connectivity index (χ0) is 14.8. The number of methoxy groups -OCH3 is 1. The van der Waals surface area contributed by atoms with Crippen molar-refractivity contribution in [2.45, 2.75) is 12.5 Å². The topological polar surface area (TPSA) is 52.3 Å². The van der Waals surface area contributed by atoms with E-state index in [1.54, 1.807) is 25.1 Å². The van der Waals surface area contributed by atoms with Gasteiger partial charge >= 0.3 is 0 Å². The molecular weight excluding hydrogens is 274 g/mol. The van der Waals surface area contributed by atoms with Crippen molar-refractivity contribution in [2.75, 3.05) is 7.11 Å². The van der Waals surface area contributed by atoms with Crippen molar-refractivity contribution in [1.29, 1.82) is 0 Å². The van der Waals surface area contributed by atoms with E-state index in [0.29, 0.717) is 16.3 Å². The molecule has 0 spiro atoms. The van der Waals surface area contributed by atoms with Crippen LogP contribution in [-0.4, -0.2) is 12.9 Å². The summed E-state index contributed by atoms with van der Waals surface area (Å²) in [7, 11) is 1.51. The molecule has 3 nitrogen and oxygen atoms in total. The van der Waals surface area contributed by atoms with Crippen molar-refractivity contribution in [3.8, 4) is 5.75 Å². The Hall–Kier alpha value is -1.84. The van der Waals surface area contributed by atoms with Gasteiger partial charge in [0.05, 0.1) is 12.1 Å². The van der Waals surface area contributed by atoms with E-state index in [-0.39, 0.29) is 5.78 Å². The summed E-state index contributed by atoms with van der Waals surface area (Å²) in [6.45, 7) is 1.70. The third-order valence-corrected chi connectivity index (χ3v) is 3.57. The van der Waals surface area contributed by atoms with E-state index in [2.05, 4.69) is 0 Å². The monoisotopic (exact) mass is 289 g/mol. The largest absolute Gasteiger partial charge is 0.495 e. The van der Waals surface area contributed by atoms with Crippen molar-refractivity contribution >= 4 is 17.4 Å². The Balaban J connectivity index is 2.40. The lowest BCUT2D eigenvalue weighted by molar-refractivity contribution is 0.0899. The molecule has 0 bridgehead atoms. The minimum atomic E-state index is -1.10. The number of hydrogen-bond acceptors (Lipinski definition) is 3. The van der Waals surface area contributed by atoms with E-state index < -0.39 is 5.54 Å². The standard InChI is InChI=1S/C16H16ClNO2/c1-16(18,12-6-4-3-5-7-12)15(19)11-8-9-13(17)14(10-11)20-2/h3-10H,18H2,1-2H3. The van der Waals surface area contributed by atoms with Crippen molar-refractivity contribution in [3.05, 3.63) is 64.7 Å². The van der Waals surface area contributed by atoms with Gasteiger partial charge in [-0.05, 0) is 30.7 Å². The van der Waals surface area contributed by atoms with Gasteiger partial charge in [-0.1, -0.05) is 41.9 Å². The summed E-state index contributed by atoms with van der Waals surface area (Å²) in [5.41, 5.74) is 6.36. The highest BCUT2D eigenvalue weighted by Gasteiger charge is 2.31. The molecule has 0 aliphatic carbocycles. The fourth-order valence-corrected chi connectivity index (χ4v) is 2.21. The van der Waals surface area contributed by atoms with Crippen LogP contribution >= 0.6 is 11.6 Å². The van der Waals surface area contributed by atoms with Gasteiger partial charge in [0.2, 0.25) is 0 Å². The van der Waals surface area contributed by atoms with E-state index in [1.165, 1.54) is 7.11 Å². The molecule has 2 rings (SSSR count). The number of rotatable bonds is 4. The van der Waals surface area contributed by atoms with Gasteiger partial charge in [0.1, 0.15) is 11.3 Å². The van der Waals surface area contributed by atoms with Gasteiger partial charge in [-0.2, -0.15) is 0 Å². The SMILES string of the molecule is COc1cc(C(=O)C(C)(N)c2ccccc2)ccc1Cl. The van der Waals surface area contributed by atoms with Gasteiger partial charge in [0, 0.05) is 5.56 Å². The Bertz CT molecular complexity index is 624. The van der Waals surface area contributed by atoms with Crippen LogP contribution in [0.2, 0.25) is 5.02 Å². The maximum Gasteiger partial charge on any atom is 0.187 e. The van der Waals surface area contributed by atoms with Crippen LogP contribution in [-0.2, 0) is 5.54 Å². The Labute approximate surface area is 123 Å². The molecule has 0 radical (unpaired) electrons. The van der Waals surface area contributed by atoms with Crippen molar-refractivity contribution in [3.63, 3.8) is 0 Å². The van der Waals surface area contributed by atoms with E-state index >= 15 is 0 Å². The molecule has 0 amide bonds. The molecule has 0 saturated carbocycles. The summed E-state index contributed by atoms with van der Waals surface area (Å²) in [5.74, 6) is 0.278. The lowest BCUT2D eigenvalue weighted by Gasteiger charge is -2.24. The number of carbonyl (C=O) groups excluding carboxylic acids is 1. The molecule has 2 N–H and O–H groups in total. The van der Waals surface area contributed by atoms with Crippen LogP contribution in [0, 0.1) is 0 Å². The van der Waals surface area contributed by atoms with Crippen molar-refractivity contribution in [2.24, 2.45) is 5.73 Å². The Kier molecular flexibility index (Phi) is 4.12. The van der Waals surface area contributed by atoms with Crippen molar-refractivity contribution < 1.29 is 9.53 Å².